The van der Waals surface area contributed by atoms with E-state index in [9.17, 15) is 4.79 Å². The highest BCUT2D eigenvalue weighted by molar-refractivity contribution is 5.89. The Morgan fingerprint density at radius 2 is 1.61 bits per heavy atom. The van der Waals surface area contributed by atoms with E-state index < -0.39 is 6.09 Å². The summed E-state index contributed by atoms with van der Waals surface area (Å²) >= 11 is 0. The van der Waals surface area contributed by atoms with Gasteiger partial charge in [-0.05, 0) is 44.2 Å². The number of anilines is 1. The summed E-state index contributed by atoms with van der Waals surface area (Å²) in [7, 11) is 0. The van der Waals surface area contributed by atoms with Gasteiger partial charge in [0.1, 0.15) is 17.2 Å². The molecule has 3 aromatic carbocycles. The van der Waals surface area contributed by atoms with E-state index in [0.29, 0.717) is 5.82 Å². The second-order valence-electron chi connectivity index (χ2n) is 9.50. The fourth-order valence-electron chi connectivity index (χ4n) is 4.73. The van der Waals surface area contributed by atoms with Crippen molar-refractivity contribution in [2.75, 3.05) is 11.9 Å². The van der Waals surface area contributed by atoms with Gasteiger partial charge in [-0.15, -0.1) is 0 Å². The van der Waals surface area contributed by atoms with Gasteiger partial charge in [-0.3, -0.25) is 5.32 Å². The van der Waals surface area contributed by atoms with Gasteiger partial charge in [-0.1, -0.05) is 90.5 Å². The molecule has 6 heteroatoms. The molecule has 0 aliphatic heterocycles. The molecule has 1 unspecified atom stereocenters. The van der Waals surface area contributed by atoms with Gasteiger partial charge in [0, 0.05) is 17.5 Å². The third-order valence-electron chi connectivity index (χ3n) is 6.66. The Morgan fingerprint density at radius 1 is 0.921 bits per heavy atom. The maximum Gasteiger partial charge on any atom is 0.412 e. The molecule has 0 bridgehead atoms. The number of aromatic nitrogens is 3. The Balaban J connectivity index is 1.59. The van der Waals surface area contributed by atoms with Crippen molar-refractivity contribution < 1.29 is 9.53 Å². The summed E-state index contributed by atoms with van der Waals surface area (Å²) in [6.07, 6.45) is 2.08. The first kappa shape index (κ1) is 25.2. The number of H-pyrrole nitrogens is 1. The van der Waals surface area contributed by atoms with E-state index in [0.717, 1.165) is 47.4 Å². The molecule has 0 saturated carbocycles. The lowest BCUT2D eigenvalue weighted by Crippen LogP contribution is -2.16. The summed E-state index contributed by atoms with van der Waals surface area (Å²) in [6, 6.07) is 31.1. The third kappa shape index (κ3) is 6.09. The minimum Gasteiger partial charge on any atom is -0.450 e. The van der Waals surface area contributed by atoms with Crippen molar-refractivity contribution in [2.24, 2.45) is 0 Å². The van der Waals surface area contributed by atoms with Crippen LogP contribution in [-0.2, 0) is 17.6 Å². The Labute approximate surface area is 223 Å². The fourth-order valence-corrected chi connectivity index (χ4v) is 4.73. The van der Waals surface area contributed by atoms with E-state index in [1.54, 1.807) is 6.92 Å². The van der Waals surface area contributed by atoms with Gasteiger partial charge in [-0.25, -0.2) is 14.8 Å². The van der Waals surface area contributed by atoms with Crippen molar-refractivity contribution in [3.8, 4) is 11.4 Å². The molecule has 0 fully saturated rings. The second kappa shape index (κ2) is 11.7. The van der Waals surface area contributed by atoms with E-state index in [1.807, 2.05) is 18.2 Å². The zero-order chi connectivity index (χ0) is 26.3. The second-order valence-corrected chi connectivity index (χ2v) is 9.50. The summed E-state index contributed by atoms with van der Waals surface area (Å²) in [5.74, 6) is 1.30. The zero-order valence-corrected chi connectivity index (χ0v) is 21.8. The average Bonchev–Trinajstić information content (AvgIpc) is 3.36. The average molecular weight is 505 g/mol. The fraction of sp³-hybridized carbons (Fsp3) is 0.219. The Hall–Kier alpha value is -4.45. The molecule has 0 spiro atoms. The normalized spacial score (nSPS) is 11.8. The molecule has 6 nitrogen and oxygen atoms in total. The largest absolute Gasteiger partial charge is 0.450 e. The van der Waals surface area contributed by atoms with Crippen molar-refractivity contribution in [3.05, 3.63) is 113 Å². The highest BCUT2D eigenvalue weighted by Crippen LogP contribution is 2.33. The van der Waals surface area contributed by atoms with E-state index in [2.05, 4.69) is 90.0 Å². The number of hydrogen-bond donors (Lipinski definition) is 2. The van der Waals surface area contributed by atoms with E-state index in [1.165, 1.54) is 16.7 Å². The summed E-state index contributed by atoms with van der Waals surface area (Å²) in [5.41, 5.74) is 7.23. The van der Waals surface area contributed by atoms with Gasteiger partial charge >= 0.3 is 6.09 Å². The number of hydrogen-bond acceptors (Lipinski definition) is 4. The summed E-state index contributed by atoms with van der Waals surface area (Å²) in [4.78, 5) is 25.7. The summed E-state index contributed by atoms with van der Waals surface area (Å²) in [5, 5.41) is 2.80. The molecule has 5 rings (SSSR count). The molecule has 192 valence electrons. The number of fused-ring (bicyclic) bond motifs is 1. The third-order valence-corrected chi connectivity index (χ3v) is 6.66. The predicted octanol–water partition coefficient (Wildman–Crippen LogP) is 7.46. The number of aromatic amines is 1. The number of carbonyl (C=O) groups excluding carboxylic acids is 1. The van der Waals surface area contributed by atoms with Gasteiger partial charge in [0.15, 0.2) is 0 Å². The number of aryl methyl sites for hydroxylation is 2. The SMILES string of the molecule is CCOC(=O)Nc1cc2[nH]c(-c3ccc(C)cc3)nc2c(C(CCc2ccccc2)Cc2ccccc2)n1. The van der Waals surface area contributed by atoms with Crippen molar-refractivity contribution in [1.29, 1.82) is 0 Å². The number of ether oxygens (including phenoxy) is 1. The highest BCUT2D eigenvalue weighted by Gasteiger charge is 2.22. The summed E-state index contributed by atoms with van der Waals surface area (Å²) in [6.45, 7) is 4.14. The molecular weight excluding hydrogens is 472 g/mol. The van der Waals surface area contributed by atoms with Crippen molar-refractivity contribution in [1.82, 2.24) is 15.0 Å². The Morgan fingerprint density at radius 3 is 2.29 bits per heavy atom. The first-order valence-electron chi connectivity index (χ1n) is 13.1. The van der Waals surface area contributed by atoms with Crippen molar-refractivity contribution in [3.63, 3.8) is 0 Å². The molecule has 0 radical (unpaired) electrons. The number of benzene rings is 3. The molecule has 2 heterocycles. The van der Waals surface area contributed by atoms with E-state index >= 15 is 0 Å². The summed E-state index contributed by atoms with van der Waals surface area (Å²) < 4.78 is 5.13. The number of carbonyl (C=O) groups is 1. The maximum absolute atomic E-state index is 12.3. The topological polar surface area (TPSA) is 79.9 Å². The highest BCUT2D eigenvalue weighted by atomic mass is 16.5. The van der Waals surface area contributed by atoms with Crippen LogP contribution in [0.5, 0.6) is 0 Å². The van der Waals surface area contributed by atoms with Crippen LogP contribution in [0.15, 0.2) is 91.0 Å². The molecule has 0 aliphatic carbocycles. The van der Waals surface area contributed by atoms with Crippen LogP contribution in [0.25, 0.3) is 22.4 Å². The van der Waals surface area contributed by atoms with Gasteiger partial charge in [-0.2, -0.15) is 0 Å². The first-order chi connectivity index (χ1) is 18.6. The van der Waals surface area contributed by atoms with Crippen LogP contribution < -0.4 is 5.32 Å². The quantitative estimate of drug-likeness (QED) is 0.218. The molecule has 0 aliphatic rings. The Bertz CT molecular complexity index is 1500. The van der Waals surface area contributed by atoms with Gasteiger partial charge < -0.3 is 9.72 Å². The maximum atomic E-state index is 12.3. The number of nitrogens with zero attached hydrogens (tertiary/aromatic N) is 2. The molecule has 2 aromatic heterocycles. The first-order valence-corrected chi connectivity index (χ1v) is 13.1. The van der Waals surface area contributed by atoms with E-state index in [-0.39, 0.29) is 12.5 Å². The zero-order valence-electron chi connectivity index (χ0n) is 21.8. The van der Waals surface area contributed by atoms with Crippen LogP contribution in [0, 0.1) is 6.92 Å². The lowest BCUT2D eigenvalue weighted by Gasteiger charge is -2.18. The van der Waals surface area contributed by atoms with E-state index in [4.69, 9.17) is 14.7 Å². The number of nitrogens with one attached hydrogen (secondary N) is 2. The van der Waals surface area contributed by atoms with Gasteiger partial charge in [0.25, 0.3) is 0 Å². The van der Waals surface area contributed by atoms with Crippen molar-refractivity contribution in [2.45, 2.75) is 39.0 Å². The van der Waals surface area contributed by atoms with Gasteiger partial charge in [0.05, 0.1) is 17.8 Å². The van der Waals surface area contributed by atoms with Crippen LogP contribution in [0.1, 0.15) is 41.6 Å². The number of amides is 1. The Kier molecular flexibility index (Phi) is 7.78. The minimum atomic E-state index is -0.521. The molecule has 1 atom stereocenters. The van der Waals surface area contributed by atoms with Crippen molar-refractivity contribution >= 4 is 22.9 Å². The predicted molar refractivity (Wildman–Crippen MR) is 152 cm³/mol. The molecule has 2 N–H and O–H groups in total. The van der Waals surface area contributed by atoms with Gasteiger partial charge in [0.2, 0.25) is 0 Å². The van der Waals surface area contributed by atoms with Crippen LogP contribution in [-0.4, -0.2) is 27.7 Å². The van der Waals surface area contributed by atoms with Crippen LogP contribution in [0.3, 0.4) is 0 Å². The standard InChI is InChI=1S/C32H32N4O2/c1-3-38-32(37)35-28-21-27-30(36-31(33-27)25-17-14-22(2)15-18-25)29(34-28)26(20-24-12-8-5-9-13-24)19-16-23-10-6-4-7-11-23/h4-15,17-18,21,26H,3,16,19-20H2,1-2H3,(H,33,36)(H,34,35,37). The molecule has 38 heavy (non-hydrogen) atoms. The van der Waals surface area contributed by atoms with Crippen LogP contribution in [0.4, 0.5) is 10.6 Å². The lowest BCUT2D eigenvalue weighted by atomic mass is 9.89. The number of rotatable bonds is 9. The number of pyridine rings is 1. The molecule has 1 amide bonds. The smallest absolute Gasteiger partial charge is 0.412 e. The van der Waals surface area contributed by atoms with Crippen LogP contribution >= 0.6 is 0 Å². The molecule has 5 aromatic rings. The molecule has 0 saturated heterocycles. The lowest BCUT2D eigenvalue weighted by molar-refractivity contribution is 0.168. The monoisotopic (exact) mass is 504 g/mol. The minimum absolute atomic E-state index is 0.0817. The number of imidazole rings is 1. The van der Waals surface area contributed by atoms with Crippen LogP contribution in [0.2, 0.25) is 0 Å². The molecular formula is C32H32N4O2.